The van der Waals surface area contributed by atoms with Crippen molar-refractivity contribution in [2.45, 2.75) is 50.5 Å². The molecule has 0 saturated carbocycles. The van der Waals surface area contributed by atoms with E-state index >= 15 is 0 Å². The zero-order chi connectivity index (χ0) is 14.6. The van der Waals surface area contributed by atoms with Crippen LogP contribution in [0.15, 0.2) is 0 Å². The van der Waals surface area contributed by atoms with E-state index in [0.29, 0.717) is 25.4 Å². The number of hydrogen-bond acceptors (Lipinski definition) is 5. The van der Waals surface area contributed by atoms with Crippen LogP contribution in [0.1, 0.15) is 6.42 Å². The Bertz CT molecular complexity index is 289. The fourth-order valence-electron chi connectivity index (χ4n) is 2.06. The number of ether oxygens (including phenoxy) is 4. The molecular weight excluding hydrogens is 292 g/mol. The van der Waals surface area contributed by atoms with Gasteiger partial charge in [0, 0.05) is 6.61 Å². The van der Waals surface area contributed by atoms with Crippen molar-refractivity contribution in [3.63, 3.8) is 0 Å². The van der Waals surface area contributed by atoms with Crippen LogP contribution in [0.25, 0.3) is 0 Å². The lowest BCUT2D eigenvalue weighted by molar-refractivity contribution is 0.0433. The summed E-state index contributed by atoms with van der Waals surface area (Å²) in [6.45, 7) is 12.8. The smallest absolute Gasteiger partial charge is 0.189 e. The average Bonchev–Trinajstić information content (AvgIpc) is 3.20. The molecule has 7 heteroatoms. The summed E-state index contributed by atoms with van der Waals surface area (Å²) in [4.78, 5) is 0. The summed E-state index contributed by atoms with van der Waals surface area (Å²) in [5.41, 5.74) is 0.214. The van der Waals surface area contributed by atoms with Crippen LogP contribution in [-0.4, -0.2) is 68.3 Å². The lowest BCUT2D eigenvalue weighted by Gasteiger charge is -2.29. The first-order chi connectivity index (χ1) is 9.44. The summed E-state index contributed by atoms with van der Waals surface area (Å²) < 4.78 is 28.3. The molecule has 2 aliphatic rings. The zero-order valence-electron chi connectivity index (χ0n) is 13.1. The highest BCUT2D eigenvalue weighted by atomic mass is 28.4. The topological polar surface area (TPSA) is 52.8 Å². The summed E-state index contributed by atoms with van der Waals surface area (Å²) in [7, 11) is -2.84. The van der Waals surface area contributed by atoms with E-state index in [0.717, 1.165) is 26.2 Å². The Morgan fingerprint density at radius 2 is 1.75 bits per heavy atom. The summed E-state index contributed by atoms with van der Waals surface area (Å²) >= 11 is 0. The van der Waals surface area contributed by atoms with Crippen LogP contribution in [0.5, 0.6) is 0 Å². The van der Waals surface area contributed by atoms with Gasteiger partial charge in [0.15, 0.2) is 17.4 Å². The molecule has 4 atom stereocenters. The molecule has 2 aliphatic heterocycles. The maximum atomic E-state index is 6.27. The normalized spacial score (nSPS) is 28.2. The Kier molecular flexibility index (Phi) is 6.21. The molecule has 0 spiro atoms. The van der Waals surface area contributed by atoms with E-state index in [-0.39, 0.29) is 5.73 Å². The van der Waals surface area contributed by atoms with Crippen LogP contribution in [0.3, 0.4) is 0 Å². The van der Waals surface area contributed by atoms with Gasteiger partial charge in [0.05, 0.1) is 32.2 Å². The summed E-state index contributed by atoms with van der Waals surface area (Å²) in [6, 6.07) is 0. The second-order valence-electron chi connectivity index (χ2n) is 6.58. The van der Waals surface area contributed by atoms with Gasteiger partial charge in [0.2, 0.25) is 0 Å². The van der Waals surface area contributed by atoms with E-state index in [1.165, 1.54) is 0 Å². The van der Waals surface area contributed by atoms with E-state index in [1.54, 1.807) is 0 Å². The van der Waals surface area contributed by atoms with Gasteiger partial charge in [-0.15, -0.1) is 0 Å². The van der Waals surface area contributed by atoms with Gasteiger partial charge < -0.3 is 23.1 Å². The second-order valence-corrected chi connectivity index (χ2v) is 13.9. The molecule has 2 saturated heterocycles. The Hall–Kier alpha value is 0.234. The molecule has 118 valence electrons. The molecular formula is C13H28O5Si2. The van der Waals surface area contributed by atoms with E-state index in [9.17, 15) is 0 Å². The molecule has 0 N–H and O–H groups in total. The van der Waals surface area contributed by atoms with Crippen LogP contribution in [-0.2, 0) is 23.1 Å². The van der Waals surface area contributed by atoms with Gasteiger partial charge >= 0.3 is 0 Å². The van der Waals surface area contributed by atoms with Crippen molar-refractivity contribution in [3.05, 3.63) is 0 Å². The van der Waals surface area contributed by atoms with Crippen LogP contribution in [0.2, 0.25) is 26.2 Å². The van der Waals surface area contributed by atoms with E-state index in [1.807, 2.05) is 0 Å². The second kappa shape index (κ2) is 7.48. The highest BCUT2D eigenvalue weighted by molar-refractivity contribution is 6.77. The van der Waals surface area contributed by atoms with E-state index < -0.39 is 17.4 Å². The zero-order valence-corrected chi connectivity index (χ0v) is 15.2. The molecule has 0 amide bonds. The van der Waals surface area contributed by atoms with Crippen molar-refractivity contribution in [1.82, 2.24) is 0 Å². The molecule has 2 heterocycles. The third kappa shape index (κ3) is 7.30. The molecule has 0 bridgehead atoms. The van der Waals surface area contributed by atoms with Gasteiger partial charge in [0.1, 0.15) is 12.2 Å². The maximum absolute atomic E-state index is 6.27. The monoisotopic (exact) mass is 320 g/mol. The van der Waals surface area contributed by atoms with Gasteiger partial charge in [-0.2, -0.15) is 0 Å². The molecule has 0 aromatic heterocycles. The third-order valence-corrected chi connectivity index (χ3v) is 9.10. The van der Waals surface area contributed by atoms with Crippen molar-refractivity contribution >= 4 is 17.4 Å². The first kappa shape index (κ1) is 16.6. The molecule has 0 aromatic carbocycles. The fraction of sp³-hybridized carbons (Fsp3) is 1.00. The van der Waals surface area contributed by atoms with Gasteiger partial charge in [-0.1, -0.05) is 0 Å². The third-order valence-electron chi connectivity index (χ3n) is 3.21. The Balaban J connectivity index is 1.68. The molecule has 0 aliphatic carbocycles. The summed E-state index contributed by atoms with van der Waals surface area (Å²) in [6.07, 6.45) is 1.56. The predicted octanol–water partition coefficient (Wildman–Crippen LogP) is 1.32. The first-order valence-electron chi connectivity index (χ1n) is 7.54. The summed E-state index contributed by atoms with van der Waals surface area (Å²) in [5.74, 6) is 0. The SMILES string of the molecule is C[SiH](O[Si](C)(C)C)C(CCOCC1CO1)OCC1CO1. The number of rotatable bonds is 11. The Labute approximate surface area is 124 Å². The van der Waals surface area contributed by atoms with E-state index in [2.05, 4.69) is 26.2 Å². The molecule has 2 fully saturated rings. The van der Waals surface area contributed by atoms with Crippen molar-refractivity contribution in [1.29, 1.82) is 0 Å². The minimum Gasteiger partial charge on any atom is -0.456 e. The molecule has 20 heavy (non-hydrogen) atoms. The minimum absolute atomic E-state index is 0.214. The number of epoxide rings is 2. The van der Waals surface area contributed by atoms with Crippen molar-refractivity contribution in [2.24, 2.45) is 0 Å². The summed E-state index contributed by atoms with van der Waals surface area (Å²) in [5, 5.41) is 0. The van der Waals surface area contributed by atoms with Crippen LogP contribution in [0, 0.1) is 0 Å². The largest absolute Gasteiger partial charge is 0.456 e. The van der Waals surface area contributed by atoms with Gasteiger partial charge in [-0.3, -0.25) is 0 Å². The van der Waals surface area contributed by atoms with Gasteiger partial charge in [-0.05, 0) is 32.6 Å². The van der Waals surface area contributed by atoms with Crippen LogP contribution in [0.4, 0.5) is 0 Å². The molecule has 0 aromatic rings. The molecule has 2 rings (SSSR count). The number of hydrogen-bond donors (Lipinski definition) is 0. The van der Waals surface area contributed by atoms with Crippen molar-refractivity contribution in [2.75, 3.05) is 33.0 Å². The predicted molar refractivity (Wildman–Crippen MR) is 82.1 cm³/mol. The van der Waals surface area contributed by atoms with E-state index in [4.69, 9.17) is 23.1 Å². The Morgan fingerprint density at radius 1 is 1.15 bits per heavy atom. The van der Waals surface area contributed by atoms with Gasteiger partial charge in [-0.25, -0.2) is 0 Å². The lowest BCUT2D eigenvalue weighted by atomic mass is 10.4. The van der Waals surface area contributed by atoms with Gasteiger partial charge in [0.25, 0.3) is 0 Å². The van der Waals surface area contributed by atoms with Crippen LogP contribution >= 0.6 is 0 Å². The quantitative estimate of drug-likeness (QED) is 0.326. The average molecular weight is 321 g/mol. The molecule has 0 radical (unpaired) electrons. The lowest BCUT2D eigenvalue weighted by Crippen LogP contribution is -2.43. The van der Waals surface area contributed by atoms with Crippen molar-refractivity contribution in [3.8, 4) is 0 Å². The standard InChI is InChI=1S/C13H28O5Si2/c1-19(18-20(2,3)4)13(17-10-12-9-16-12)5-6-14-7-11-8-15-11/h11-13,19H,5-10H2,1-4H3. The first-order valence-corrected chi connectivity index (χ1v) is 13.2. The van der Waals surface area contributed by atoms with Crippen LogP contribution < -0.4 is 0 Å². The maximum Gasteiger partial charge on any atom is 0.189 e. The van der Waals surface area contributed by atoms with Crippen molar-refractivity contribution < 1.29 is 23.1 Å². The fourth-order valence-corrected chi connectivity index (χ4v) is 8.12. The molecule has 5 nitrogen and oxygen atoms in total. The highest BCUT2D eigenvalue weighted by Crippen LogP contribution is 2.16. The molecule has 4 unspecified atom stereocenters. The minimum atomic E-state index is -1.49. The Morgan fingerprint density at radius 3 is 2.30 bits per heavy atom. The highest BCUT2D eigenvalue weighted by Gasteiger charge is 2.30.